The van der Waals surface area contributed by atoms with Gasteiger partial charge in [-0.05, 0) is 25.0 Å². The molecule has 0 atom stereocenters. The fourth-order valence-electron chi connectivity index (χ4n) is 0.727. The van der Waals surface area contributed by atoms with Crippen LogP contribution < -0.4 is 0 Å². The largest absolute Gasteiger partial charge is 0.261 e. The van der Waals surface area contributed by atoms with Crippen LogP contribution in [0.1, 0.15) is 12.1 Å². The first-order valence-corrected chi connectivity index (χ1v) is 3.12. The third-order valence-electron chi connectivity index (χ3n) is 1.16. The van der Waals surface area contributed by atoms with Gasteiger partial charge < -0.3 is 0 Å². The van der Waals surface area contributed by atoms with Crippen molar-refractivity contribution in [2.24, 2.45) is 0 Å². The topological polar surface area (TPSA) is 12.9 Å². The molecular weight excluding hydrogens is 110 g/mol. The smallest absolute Gasteiger partial charge is 0.0403 e. The Kier molecular flexibility index (Phi) is 2.25. The van der Waals surface area contributed by atoms with Crippen LogP contribution >= 0.6 is 0 Å². The van der Waals surface area contributed by atoms with E-state index in [1.807, 2.05) is 24.4 Å². The van der Waals surface area contributed by atoms with Crippen LogP contribution in [0, 0.1) is 6.92 Å². The van der Waals surface area contributed by atoms with Crippen LogP contribution in [0.15, 0.2) is 24.4 Å². The monoisotopic (exact) mass is 120 g/mol. The summed E-state index contributed by atoms with van der Waals surface area (Å²) in [5, 5.41) is 0. The Balaban J connectivity index is 2.61. The summed E-state index contributed by atoms with van der Waals surface area (Å²) in [6.45, 7) is 3.74. The van der Waals surface area contributed by atoms with E-state index in [0.29, 0.717) is 0 Å². The van der Waals surface area contributed by atoms with E-state index in [2.05, 4.69) is 11.9 Å². The molecule has 0 aliphatic rings. The fourth-order valence-corrected chi connectivity index (χ4v) is 0.727. The van der Waals surface area contributed by atoms with Gasteiger partial charge in [-0.2, -0.15) is 0 Å². The SMILES string of the molecule is [CH2]CCc1ccccn1. The summed E-state index contributed by atoms with van der Waals surface area (Å²) in [6.07, 6.45) is 3.73. The van der Waals surface area contributed by atoms with E-state index in [-0.39, 0.29) is 0 Å². The molecule has 1 heterocycles. The lowest BCUT2D eigenvalue weighted by Gasteiger charge is -1.92. The Morgan fingerprint density at radius 3 is 2.89 bits per heavy atom. The summed E-state index contributed by atoms with van der Waals surface area (Å²) >= 11 is 0. The Bertz CT molecular complexity index is 157. The van der Waals surface area contributed by atoms with Crippen molar-refractivity contribution in [3.8, 4) is 0 Å². The van der Waals surface area contributed by atoms with Gasteiger partial charge >= 0.3 is 0 Å². The van der Waals surface area contributed by atoms with Gasteiger partial charge in [-0.15, -0.1) is 0 Å². The van der Waals surface area contributed by atoms with Crippen LogP contribution in [-0.2, 0) is 6.42 Å². The van der Waals surface area contributed by atoms with Crippen molar-refractivity contribution in [3.05, 3.63) is 37.0 Å². The highest BCUT2D eigenvalue weighted by molar-refractivity contribution is 5.03. The van der Waals surface area contributed by atoms with E-state index >= 15 is 0 Å². The molecule has 0 saturated heterocycles. The Morgan fingerprint density at radius 1 is 1.44 bits per heavy atom. The zero-order valence-corrected chi connectivity index (χ0v) is 5.38. The molecule has 1 rings (SSSR count). The second kappa shape index (κ2) is 3.23. The number of aryl methyl sites for hydroxylation is 1. The number of pyridine rings is 1. The number of rotatable bonds is 2. The molecule has 1 nitrogen and oxygen atoms in total. The maximum absolute atomic E-state index is 4.13. The van der Waals surface area contributed by atoms with Crippen LogP contribution in [-0.4, -0.2) is 4.98 Å². The van der Waals surface area contributed by atoms with Gasteiger partial charge in [-0.3, -0.25) is 4.98 Å². The van der Waals surface area contributed by atoms with Gasteiger partial charge in [0, 0.05) is 11.9 Å². The van der Waals surface area contributed by atoms with E-state index in [1.54, 1.807) is 0 Å². The van der Waals surface area contributed by atoms with Gasteiger partial charge in [0.1, 0.15) is 0 Å². The zero-order valence-electron chi connectivity index (χ0n) is 5.38. The molecular formula is C8H10N. The van der Waals surface area contributed by atoms with Gasteiger partial charge in [0.05, 0.1) is 0 Å². The maximum atomic E-state index is 4.13. The second-order valence-electron chi connectivity index (χ2n) is 1.92. The first-order valence-electron chi connectivity index (χ1n) is 3.12. The summed E-state index contributed by atoms with van der Waals surface area (Å²) in [5.74, 6) is 0. The summed E-state index contributed by atoms with van der Waals surface area (Å²) in [4.78, 5) is 4.13. The Labute approximate surface area is 55.7 Å². The molecule has 47 valence electrons. The molecule has 1 radical (unpaired) electrons. The van der Waals surface area contributed by atoms with Crippen molar-refractivity contribution in [2.45, 2.75) is 12.8 Å². The van der Waals surface area contributed by atoms with Crippen LogP contribution in [0.4, 0.5) is 0 Å². The van der Waals surface area contributed by atoms with Crippen LogP contribution in [0.5, 0.6) is 0 Å². The van der Waals surface area contributed by atoms with Crippen LogP contribution in [0.2, 0.25) is 0 Å². The molecule has 0 saturated carbocycles. The molecule has 0 amide bonds. The first kappa shape index (κ1) is 6.27. The standard InChI is InChI=1S/C8H10N/c1-2-5-8-6-3-4-7-9-8/h3-4,6-7H,1-2,5H2. The highest BCUT2D eigenvalue weighted by atomic mass is 14.7. The summed E-state index contributed by atoms with van der Waals surface area (Å²) in [7, 11) is 0. The third kappa shape index (κ3) is 1.84. The molecule has 1 aromatic rings. The van der Waals surface area contributed by atoms with E-state index in [4.69, 9.17) is 0 Å². The average molecular weight is 120 g/mol. The maximum Gasteiger partial charge on any atom is 0.0403 e. The number of hydrogen-bond donors (Lipinski definition) is 0. The minimum atomic E-state index is 0.928. The normalized spacial score (nSPS) is 9.44. The van der Waals surface area contributed by atoms with Crippen molar-refractivity contribution >= 4 is 0 Å². The molecule has 1 heteroatoms. The van der Waals surface area contributed by atoms with Gasteiger partial charge in [-0.1, -0.05) is 13.0 Å². The van der Waals surface area contributed by atoms with Crippen molar-refractivity contribution in [2.75, 3.05) is 0 Å². The number of hydrogen-bond acceptors (Lipinski definition) is 1. The molecule has 9 heavy (non-hydrogen) atoms. The highest BCUT2D eigenvalue weighted by Crippen LogP contribution is 1.95. The van der Waals surface area contributed by atoms with Crippen molar-refractivity contribution in [1.82, 2.24) is 4.98 Å². The summed E-state index contributed by atoms with van der Waals surface area (Å²) < 4.78 is 0. The van der Waals surface area contributed by atoms with Crippen molar-refractivity contribution < 1.29 is 0 Å². The van der Waals surface area contributed by atoms with Gasteiger partial charge in [-0.25, -0.2) is 0 Å². The van der Waals surface area contributed by atoms with E-state index < -0.39 is 0 Å². The van der Waals surface area contributed by atoms with Gasteiger partial charge in [0.25, 0.3) is 0 Å². The van der Waals surface area contributed by atoms with Gasteiger partial charge in [0.2, 0.25) is 0 Å². The first-order chi connectivity index (χ1) is 4.43. The molecule has 0 N–H and O–H groups in total. The lowest BCUT2D eigenvalue weighted by Crippen LogP contribution is -1.85. The predicted octanol–water partition coefficient (Wildman–Crippen LogP) is 1.85. The van der Waals surface area contributed by atoms with Crippen molar-refractivity contribution in [3.63, 3.8) is 0 Å². The molecule has 0 aliphatic heterocycles. The fraction of sp³-hybridized carbons (Fsp3) is 0.250. The zero-order chi connectivity index (χ0) is 6.53. The molecule has 1 aromatic heterocycles. The summed E-state index contributed by atoms with van der Waals surface area (Å²) in [6, 6.07) is 5.94. The molecule has 0 aliphatic carbocycles. The number of nitrogens with zero attached hydrogens (tertiary/aromatic N) is 1. The molecule has 0 unspecified atom stereocenters. The average Bonchev–Trinajstić information content (AvgIpc) is 1.91. The predicted molar refractivity (Wildman–Crippen MR) is 37.9 cm³/mol. The molecule has 0 aromatic carbocycles. The minimum absolute atomic E-state index is 0.928. The molecule has 0 spiro atoms. The van der Waals surface area contributed by atoms with E-state index in [0.717, 1.165) is 18.5 Å². The molecule has 0 bridgehead atoms. The molecule has 0 fully saturated rings. The van der Waals surface area contributed by atoms with Crippen LogP contribution in [0.25, 0.3) is 0 Å². The Morgan fingerprint density at radius 2 is 2.33 bits per heavy atom. The van der Waals surface area contributed by atoms with E-state index in [9.17, 15) is 0 Å². The van der Waals surface area contributed by atoms with Gasteiger partial charge in [0.15, 0.2) is 0 Å². The lowest BCUT2D eigenvalue weighted by atomic mass is 10.2. The van der Waals surface area contributed by atoms with Crippen molar-refractivity contribution in [1.29, 1.82) is 0 Å². The Hall–Kier alpha value is -0.850. The minimum Gasteiger partial charge on any atom is -0.261 e. The second-order valence-corrected chi connectivity index (χ2v) is 1.92. The number of aromatic nitrogens is 1. The third-order valence-corrected chi connectivity index (χ3v) is 1.16. The van der Waals surface area contributed by atoms with Crippen LogP contribution in [0.3, 0.4) is 0 Å². The lowest BCUT2D eigenvalue weighted by molar-refractivity contribution is 0.942. The summed E-state index contributed by atoms with van der Waals surface area (Å²) in [5.41, 5.74) is 1.13. The highest BCUT2D eigenvalue weighted by Gasteiger charge is 1.86. The van der Waals surface area contributed by atoms with E-state index in [1.165, 1.54) is 0 Å². The quantitative estimate of drug-likeness (QED) is 0.580.